The number of carbonyl (C=O) groups excluding carboxylic acids is 1. The summed E-state index contributed by atoms with van der Waals surface area (Å²) in [5.74, 6) is 1.07. The number of benzene rings is 2. The minimum absolute atomic E-state index is 0.316. The number of esters is 1. The van der Waals surface area contributed by atoms with Crippen molar-refractivity contribution < 1.29 is 14.3 Å². The summed E-state index contributed by atoms with van der Waals surface area (Å²) in [5.41, 5.74) is 2.23. The number of hydrogen-bond acceptors (Lipinski definition) is 3. The second-order valence-electron chi connectivity index (χ2n) is 4.34. The average molecular weight is 256 g/mol. The van der Waals surface area contributed by atoms with Crippen LogP contribution in [0.3, 0.4) is 0 Å². The van der Waals surface area contributed by atoms with Crippen molar-refractivity contribution in [3.8, 4) is 11.5 Å². The van der Waals surface area contributed by atoms with Gasteiger partial charge in [0.25, 0.3) is 0 Å². The molecule has 3 nitrogen and oxygen atoms in total. The molecule has 0 saturated carbocycles. The van der Waals surface area contributed by atoms with E-state index in [1.54, 1.807) is 12.1 Å². The molecule has 0 heterocycles. The highest BCUT2D eigenvalue weighted by Gasteiger charge is 1.99. The van der Waals surface area contributed by atoms with Crippen molar-refractivity contribution in [2.45, 2.75) is 20.5 Å². The van der Waals surface area contributed by atoms with Crippen LogP contribution in [0.15, 0.2) is 48.5 Å². The van der Waals surface area contributed by atoms with E-state index in [9.17, 15) is 4.79 Å². The summed E-state index contributed by atoms with van der Waals surface area (Å²) in [7, 11) is 0. The fourth-order valence-corrected chi connectivity index (χ4v) is 1.62. The molecule has 2 aromatic rings. The summed E-state index contributed by atoms with van der Waals surface area (Å²) in [6.07, 6.45) is 0. The van der Waals surface area contributed by atoms with Crippen LogP contribution in [0.4, 0.5) is 0 Å². The fourth-order valence-electron chi connectivity index (χ4n) is 1.62. The average Bonchev–Trinajstić information content (AvgIpc) is 2.39. The quantitative estimate of drug-likeness (QED) is 0.620. The molecule has 2 rings (SSSR count). The molecule has 0 bridgehead atoms. The molecule has 0 spiro atoms. The molecule has 98 valence electrons. The van der Waals surface area contributed by atoms with Gasteiger partial charge in [-0.2, -0.15) is 0 Å². The van der Waals surface area contributed by atoms with Gasteiger partial charge in [0.05, 0.1) is 0 Å². The predicted molar refractivity (Wildman–Crippen MR) is 73.3 cm³/mol. The number of hydrogen-bond donors (Lipinski definition) is 0. The minimum Gasteiger partial charge on any atom is -0.489 e. The summed E-state index contributed by atoms with van der Waals surface area (Å²) < 4.78 is 10.6. The van der Waals surface area contributed by atoms with Gasteiger partial charge in [0.15, 0.2) is 0 Å². The summed E-state index contributed by atoms with van der Waals surface area (Å²) >= 11 is 0. The number of carbonyl (C=O) groups is 1. The largest absolute Gasteiger partial charge is 0.489 e. The molecule has 3 heteroatoms. The molecule has 0 unspecified atom stereocenters. The Bertz CT molecular complexity index is 541. The minimum atomic E-state index is -0.316. The van der Waals surface area contributed by atoms with Crippen LogP contribution >= 0.6 is 0 Å². The van der Waals surface area contributed by atoms with Crippen LogP contribution in [-0.2, 0) is 11.4 Å². The molecule has 0 saturated heterocycles. The van der Waals surface area contributed by atoms with E-state index in [1.165, 1.54) is 12.5 Å². The third-order valence-corrected chi connectivity index (χ3v) is 2.61. The van der Waals surface area contributed by atoms with Crippen molar-refractivity contribution in [1.82, 2.24) is 0 Å². The first-order chi connectivity index (χ1) is 9.13. The molecule has 0 atom stereocenters. The molecule has 0 aliphatic carbocycles. The van der Waals surface area contributed by atoms with Gasteiger partial charge in [-0.3, -0.25) is 4.79 Å². The zero-order valence-corrected chi connectivity index (χ0v) is 11.1. The fraction of sp³-hybridized carbons (Fsp3) is 0.188. The maximum absolute atomic E-state index is 10.8. The van der Waals surface area contributed by atoms with E-state index in [1.807, 2.05) is 43.3 Å². The van der Waals surface area contributed by atoms with Gasteiger partial charge in [0.1, 0.15) is 18.1 Å². The van der Waals surface area contributed by atoms with Gasteiger partial charge in [-0.15, -0.1) is 0 Å². The predicted octanol–water partition coefficient (Wildman–Crippen LogP) is 3.50. The third-order valence-electron chi connectivity index (χ3n) is 2.61. The molecular weight excluding hydrogens is 240 g/mol. The Morgan fingerprint density at radius 1 is 0.947 bits per heavy atom. The standard InChI is InChI=1S/C16H16O3/c1-12-3-7-15(8-4-12)18-11-14-5-9-16(10-6-14)19-13(2)17/h3-10H,11H2,1-2H3. The zero-order valence-electron chi connectivity index (χ0n) is 11.1. The highest BCUT2D eigenvalue weighted by molar-refractivity contribution is 5.69. The Morgan fingerprint density at radius 2 is 1.53 bits per heavy atom. The lowest BCUT2D eigenvalue weighted by molar-refractivity contribution is -0.131. The first-order valence-electron chi connectivity index (χ1n) is 6.10. The molecule has 0 N–H and O–H groups in total. The van der Waals surface area contributed by atoms with Crippen LogP contribution in [0, 0.1) is 6.92 Å². The first kappa shape index (κ1) is 13.1. The number of aryl methyl sites for hydroxylation is 1. The summed E-state index contributed by atoms with van der Waals surface area (Å²) in [5, 5.41) is 0. The van der Waals surface area contributed by atoms with Gasteiger partial charge in [-0.05, 0) is 36.8 Å². The molecule has 2 aromatic carbocycles. The van der Waals surface area contributed by atoms with Crippen molar-refractivity contribution in [2.75, 3.05) is 0 Å². The topological polar surface area (TPSA) is 35.5 Å². The van der Waals surface area contributed by atoms with Gasteiger partial charge < -0.3 is 9.47 Å². The Hall–Kier alpha value is -2.29. The van der Waals surface area contributed by atoms with Crippen LogP contribution in [0.1, 0.15) is 18.1 Å². The van der Waals surface area contributed by atoms with Gasteiger partial charge >= 0.3 is 5.97 Å². The second kappa shape index (κ2) is 6.05. The van der Waals surface area contributed by atoms with Gasteiger partial charge in [0, 0.05) is 6.92 Å². The van der Waals surface area contributed by atoms with Crippen LogP contribution in [0.25, 0.3) is 0 Å². The van der Waals surface area contributed by atoms with Gasteiger partial charge in [-0.25, -0.2) is 0 Å². The number of rotatable bonds is 4. The normalized spacial score (nSPS) is 10.0. The van der Waals surface area contributed by atoms with Crippen molar-refractivity contribution in [1.29, 1.82) is 0 Å². The van der Waals surface area contributed by atoms with Crippen molar-refractivity contribution >= 4 is 5.97 Å². The van der Waals surface area contributed by atoms with E-state index in [4.69, 9.17) is 9.47 Å². The van der Waals surface area contributed by atoms with Crippen molar-refractivity contribution in [2.24, 2.45) is 0 Å². The van der Waals surface area contributed by atoms with Crippen LogP contribution in [-0.4, -0.2) is 5.97 Å². The van der Waals surface area contributed by atoms with Gasteiger partial charge in [0.2, 0.25) is 0 Å². The Morgan fingerprint density at radius 3 is 2.11 bits per heavy atom. The van der Waals surface area contributed by atoms with E-state index in [2.05, 4.69) is 0 Å². The van der Waals surface area contributed by atoms with Gasteiger partial charge in [-0.1, -0.05) is 29.8 Å². The Balaban J connectivity index is 1.92. The lowest BCUT2D eigenvalue weighted by Gasteiger charge is -2.07. The maximum Gasteiger partial charge on any atom is 0.308 e. The van der Waals surface area contributed by atoms with E-state index in [-0.39, 0.29) is 5.97 Å². The Kier molecular flexibility index (Phi) is 4.18. The van der Waals surface area contributed by atoms with Crippen molar-refractivity contribution in [3.05, 3.63) is 59.7 Å². The lowest BCUT2D eigenvalue weighted by Crippen LogP contribution is -2.01. The zero-order chi connectivity index (χ0) is 13.7. The second-order valence-corrected chi connectivity index (χ2v) is 4.34. The van der Waals surface area contributed by atoms with Crippen LogP contribution in [0.5, 0.6) is 11.5 Å². The van der Waals surface area contributed by atoms with Crippen LogP contribution < -0.4 is 9.47 Å². The lowest BCUT2D eigenvalue weighted by atomic mass is 10.2. The highest BCUT2D eigenvalue weighted by Crippen LogP contribution is 2.16. The molecule has 0 amide bonds. The molecule has 0 aliphatic heterocycles. The smallest absolute Gasteiger partial charge is 0.308 e. The van der Waals surface area contributed by atoms with E-state index in [0.717, 1.165) is 11.3 Å². The first-order valence-corrected chi connectivity index (χ1v) is 6.10. The molecule has 0 fully saturated rings. The SMILES string of the molecule is CC(=O)Oc1ccc(COc2ccc(C)cc2)cc1. The summed E-state index contributed by atoms with van der Waals surface area (Å²) in [6, 6.07) is 15.2. The summed E-state index contributed by atoms with van der Waals surface area (Å²) in [4.78, 5) is 10.8. The molecule has 0 aromatic heterocycles. The summed E-state index contributed by atoms with van der Waals surface area (Å²) in [6.45, 7) is 3.91. The van der Waals surface area contributed by atoms with E-state index >= 15 is 0 Å². The highest BCUT2D eigenvalue weighted by atomic mass is 16.5. The third kappa shape index (κ3) is 4.14. The molecule has 0 radical (unpaired) electrons. The van der Waals surface area contributed by atoms with Crippen LogP contribution in [0.2, 0.25) is 0 Å². The van der Waals surface area contributed by atoms with Crippen molar-refractivity contribution in [3.63, 3.8) is 0 Å². The molecular formula is C16H16O3. The molecule has 19 heavy (non-hydrogen) atoms. The van der Waals surface area contributed by atoms with E-state index < -0.39 is 0 Å². The van der Waals surface area contributed by atoms with E-state index in [0.29, 0.717) is 12.4 Å². The Labute approximate surface area is 112 Å². The number of ether oxygens (including phenoxy) is 2. The molecule has 0 aliphatic rings. The monoisotopic (exact) mass is 256 g/mol. The maximum atomic E-state index is 10.8.